The number of methoxy groups -OCH3 is 1. The Labute approximate surface area is 150 Å². The van der Waals surface area contributed by atoms with Crippen LogP contribution in [0.1, 0.15) is 25.0 Å². The third kappa shape index (κ3) is 5.62. The van der Waals surface area contributed by atoms with Crippen molar-refractivity contribution in [3.63, 3.8) is 0 Å². The van der Waals surface area contributed by atoms with Crippen molar-refractivity contribution in [2.24, 2.45) is 0 Å². The number of ether oxygens (including phenoxy) is 3. The van der Waals surface area contributed by atoms with Crippen molar-refractivity contribution < 1.29 is 14.2 Å². The Morgan fingerprint density at radius 2 is 1.54 bits per heavy atom. The van der Waals surface area contributed by atoms with Gasteiger partial charge in [0.05, 0.1) is 20.3 Å². The molecular weight excluding hydrogens is 326 g/mol. The van der Waals surface area contributed by atoms with Gasteiger partial charge in [0, 0.05) is 18.7 Å². The van der Waals surface area contributed by atoms with Crippen molar-refractivity contribution >= 4 is 12.4 Å². The fourth-order valence-corrected chi connectivity index (χ4v) is 2.40. The zero-order valence-electron chi connectivity index (χ0n) is 14.5. The monoisotopic (exact) mass is 351 g/mol. The highest BCUT2D eigenvalue weighted by Crippen LogP contribution is 2.28. The number of rotatable bonds is 9. The molecule has 0 heterocycles. The van der Waals surface area contributed by atoms with Crippen LogP contribution in [0.4, 0.5) is 0 Å². The van der Waals surface area contributed by atoms with E-state index in [1.807, 2.05) is 44.2 Å². The van der Waals surface area contributed by atoms with E-state index >= 15 is 0 Å². The van der Waals surface area contributed by atoms with Crippen LogP contribution in [-0.4, -0.2) is 20.3 Å². The number of halogens is 1. The predicted octanol–water partition coefficient (Wildman–Crippen LogP) is 4.20. The molecule has 0 fully saturated rings. The lowest BCUT2D eigenvalue weighted by Crippen LogP contribution is -2.13. The van der Waals surface area contributed by atoms with E-state index in [-0.39, 0.29) is 12.4 Å². The van der Waals surface area contributed by atoms with Gasteiger partial charge < -0.3 is 19.5 Å². The van der Waals surface area contributed by atoms with E-state index in [2.05, 4.69) is 17.4 Å². The third-order valence-corrected chi connectivity index (χ3v) is 3.44. The van der Waals surface area contributed by atoms with Crippen LogP contribution in [0.2, 0.25) is 0 Å². The average Bonchev–Trinajstić information content (AvgIpc) is 2.58. The van der Waals surface area contributed by atoms with Gasteiger partial charge >= 0.3 is 0 Å². The zero-order chi connectivity index (χ0) is 16.5. The molecule has 0 saturated carbocycles. The van der Waals surface area contributed by atoms with Crippen molar-refractivity contribution in [2.45, 2.75) is 26.9 Å². The highest BCUT2D eigenvalue weighted by Gasteiger charge is 2.06. The molecular formula is C19H26ClNO3. The molecule has 2 aromatic rings. The van der Waals surface area contributed by atoms with E-state index < -0.39 is 0 Å². The predicted molar refractivity (Wildman–Crippen MR) is 99.6 cm³/mol. The van der Waals surface area contributed by atoms with Crippen LogP contribution < -0.4 is 19.5 Å². The first-order valence-corrected chi connectivity index (χ1v) is 7.99. The molecule has 0 saturated heterocycles. The molecule has 5 heteroatoms. The fourth-order valence-electron chi connectivity index (χ4n) is 2.40. The second-order valence-electron chi connectivity index (χ2n) is 5.06. The van der Waals surface area contributed by atoms with Crippen molar-refractivity contribution in [3.8, 4) is 17.2 Å². The molecule has 0 aliphatic rings. The molecule has 0 amide bonds. The molecule has 0 atom stereocenters. The molecule has 132 valence electrons. The van der Waals surface area contributed by atoms with Crippen LogP contribution >= 0.6 is 12.4 Å². The SMILES string of the molecule is CCOc1ccc(CNCc2ccccc2OC)cc1OCC.Cl. The van der Waals surface area contributed by atoms with Gasteiger partial charge in [-0.05, 0) is 37.6 Å². The van der Waals surface area contributed by atoms with Crippen molar-refractivity contribution in [3.05, 3.63) is 53.6 Å². The van der Waals surface area contributed by atoms with E-state index in [9.17, 15) is 0 Å². The molecule has 0 spiro atoms. The molecule has 2 aromatic carbocycles. The highest BCUT2D eigenvalue weighted by atomic mass is 35.5. The Balaban J connectivity index is 0.00000288. The normalized spacial score (nSPS) is 9.96. The summed E-state index contributed by atoms with van der Waals surface area (Å²) in [7, 11) is 1.69. The van der Waals surface area contributed by atoms with Crippen LogP contribution in [0.5, 0.6) is 17.2 Å². The van der Waals surface area contributed by atoms with Crippen LogP contribution in [0.15, 0.2) is 42.5 Å². The van der Waals surface area contributed by atoms with Crippen molar-refractivity contribution in [2.75, 3.05) is 20.3 Å². The highest BCUT2D eigenvalue weighted by molar-refractivity contribution is 5.85. The Morgan fingerprint density at radius 3 is 2.25 bits per heavy atom. The summed E-state index contributed by atoms with van der Waals surface area (Å²) >= 11 is 0. The summed E-state index contributed by atoms with van der Waals surface area (Å²) in [4.78, 5) is 0. The van der Waals surface area contributed by atoms with Crippen LogP contribution in [-0.2, 0) is 13.1 Å². The first-order chi connectivity index (χ1) is 11.3. The Hall–Kier alpha value is -1.91. The summed E-state index contributed by atoms with van der Waals surface area (Å²) in [6.07, 6.45) is 0. The lowest BCUT2D eigenvalue weighted by atomic mass is 10.1. The molecule has 0 aliphatic heterocycles. The number of hydrogen-bond donors (Lipinski definition) is 1. The van der Waals surface area contributed by atoms with Gasteiger partial charge in [-0.15, -0.1) is 12.4 Å². The molecule has 0 unspecified atom stereocenters. The van der Waals surface area contributed by atoms with Gasteiger partial charge in [-0.1, -0.05) is 24.3 Å². The maximum Gasteiger partial charge on any atom is 0.161 e. The molecule has 2 rings (SSSR count). The summed E-state index contributed by atoms with van der Waals surface area (Å²) in [6, 6.07) is 14.1. The number of benzene rings is 2. The Kier molecular flexibility index (Phi) is 9.05. The average molecular weight is 352 g/mol. The first kappa shape index (κ1) is 20.1. The Morgan fingerprint density at radius 1 is 0.833 bits per heavy atom. The number of para-hydroxylation sites is 1. The maximum absolute atomic E-state index is 5.66. The van der Waals surface area contributed by atoms with E-state index in [4.69, 9.17) is 14.2 Å². The van der Waals surface area contributed by atoms with Crippen LogP contribution in [0, 0.1) is 0 Å². The second kappa shape index (κ2) is 10.8. The second-order valence-corrected chi connectivity index (χ2v) is 5.06. The first-order valence-electron chi connectivity index (χ1n) is 7.99. The van der Waals surface area contributed by atoms with Gasteiger partial charge in [-0.3, -0.25) is 0 Å². The molecule has 0 aliphatic carbocycles. The molecule has 0 bridgehead atoms. The van der Waals surface area contributed by atoms with Crippen molar-refractivity contribution in [1.29, 1.82) is 0 Å². The third-order valence-electron chi connectivity index (χ3n) is 3.44. The van der Waals surface area contributed by atoms with Gasteiger partial charge in [-0.2, -0.15) is 0 Å². The largest absolute Gasteiger partial charge is 0.496 e. The topological polar surface area (TPSA) is 39.7 Å². The minimum atomic E-state index is 0. The molecule has 24 heavy (non-hydrogen) atoms. The number of nitrogens with one attached hydrogen (secondary N) is 1. The zero-order valence-corrected chi connectivity index (χ0v) is 15.3. The van der Waals surface area contributed by atoms with E-state index in [1.54, 1.807) is 7.11 Å². The Bertz CT molecular complexity index is 619. The summed E-state index contributed by atoms with van der Waals surface area (Å²) in [5, 5.41) is 3.44. The molecule has 4 nitrogen and oxygen atoms in total. The molecule has 1 N–H and O–H groups in total. The summed E-state index contributed by atoms with van der Waals surface area (Å²) in [6.45, 7) is 6.70. The van der Waals surface area contributed by atoms with Gasteiger partial charge in [0.1, 0.15) is 5.75 Å². The van der Waals surface area contributed by atoms with Gasteiger partial charge in [0.25, 0.3) is 0 Å². The molecule has 0 radical (unpaired) electrons. The van der Waals surface area contributed by atoms with Gasteiger partial charge in [0.2, 0.25) is 0 Å². The van der Waals surface area contributed by atoms with Gasteiger partial charge in [-0.25, -0.2) is 0 Å². The standard InChI is InChI=1S/C19H25NO3.ClH/c1-4-22-18-11-10-15(12-19(18)23-5-2)13-20-14-16-8-6-7-9-17(16)21-3;/h6-12,20H,4-5,13-14H2,1-3H3;1H. The summed E-state index contributed by atoms with van der Waals surface area (Å²) in [5.41, 5.74) is 2.30. The quantitative estimate of drug-likeness (QED) is 0.734. The van der Waals surface area contributed by atoms with E-state index in [1.165, 1.54) is 0 Å². The minimum absolute atomic E-state index is 0. The smallest absolute Gasteiger partial charge is 0.161 e. The van der Waals surface area contributed by atoms with E-state index in [0.717, 1.165) is 41.5 Å². The van der Waals surface area contributed by atoms with Crippen molar-refractivity contribution in [1.82, 2.24) is 5.32 Å². The fraction of sp³-hybridized carbons (Fsp3) is 0.368. The molecule has 0 aromatic heterocycles. The van der Waals surface area contributed by atoms with Crippen LogP contribution in [0.25, 0.3) is 0 Å². The lowest BCUT2D eigenvalue weighted by molar-refractivity contribution is 0.287. The minimum Gasteiger partial charge on any atom is -0.496 e. The summed E-state index contributed by atoms with van der Waals surface area (Å²) < 4.78 is 16.6. The number of hydrogen-bond acceptors (Lipinski definition) is 4. The summed E-state index contributed by atoms with van der Waals surface area (Å²) in [5.74, 6) is 2.50. The lowest BCUT2D eigenvalue weighted by Gasteiger charge is -2.13. The van der Waals surface area contributed by atoms with Gasteiger partial charge in [0.15, 0.2) is 11.5 Å². The van der Waals surface area contributed by atoms with Crippen LogP contribution in [0.3, 0.4) is 0 Å². The maximum atomic E-state index is 5.66. The van der Waals surface area contributed by atoms with E-state index in [0.29, 0.717) is 13.2 Å².